The summed E-state index contributed by atoms with van der Waals surface area (Å²) in [6, 6.07) is 14.0. The molecule has 0 saturated carbocycles. The predicted octanol–water partition coefficient (Wildman–Crippen LogP) is 2.56. The van der Waals surface area contributed by atoms with E-state index >= 15 is 0 Å². The number of aromatic nitrogens is 5. The van der Waals surface area contributed by atoms with E-state index in [-0.39, 0.29) is 23.8 Å². The van der Waals surface area contributed by atoms with Gasteiger partial charge in [0, 0.05) is 19.5 Å². The minimum absolute atomic E-state index is 0.0736. The first kappa shape index (κ1) is 24.1. The Labute approximate surface area is 205 Å². The highest BCUT2D eigenvalue weighted by atomic mass is 32.2. The lowest BCUT2D eigenvalue weighted by molar-refractivity contribution is -0.113. The van der Waals surface area contributed by atoms with E-state index in [0.29, 0.717) is 39.7 Å². The van der Waals surface area contributed by atoms with Crippen LogP contribution in [0.15, 0.2) is 58.5 Å². The number of ether oxygens (including phenoxy) is 1. The molecule has 0 spiro atoms. The zero-order chi connectivity index (χ0) is 24.9. The number of amides is 1. The van der Waals surface area contributed by atoms with E-state index in [1.54, 1.807) is 48.9 Å². The normalized spacial score (nSPS) is 10.9. The molecule has 0 fully saturated rings. The molecule has 4 rings (SSSR count). The van der Waals surface area contributed by atoms with Gasteiger partial charge in [0.1, 0.15) is 5.82 Å². The zero-order valence-corrected chi connectivity index (χ0v) is 20.3. The third kappa shape index (κ3) is 5.24. The fraction of sp³-hybridized carbons (Fsp3) is 0.250. The first-order chi connectivity index (χ1) is 16.9. The van der Waals surface area contributed by atoms with E-state index < -0.39 is 5.97 Å². The van der Waals surface area contributed by atoms with E-state index in [2.05, 4.69) is 20.6 Å². The van der Waals surface area contributed by atoms with Gasteiger partial charge in [-0.15, -0.1) is 10.2 Å². The number of hydrogen-bond donors (Lipinski definition) is 1. The number of fused-ring (bicyclic) bond motifs is 1. The summed E-state index contributed by atoms with van der Waals surface area (Å²) in [5.74, 6) is -0.0584. The highest BCUT2D eigenvalue weighted by molar-refractivity contribution is 7.99. The fourth-order valence-electron chi connectivity index (χ4n) is 3.58. The molecule has 2 aromatic heterocycles. The second-order valence-electron chi connectivity index (χ2n) is 7.66. The number of anilines is 1. The van der Waals surface area contributed by atoms with Gasteiger partial charge in [-0.2, -0.15) is 5.10 Å². The topological polar surface area (TPSA) is 121 Å². The Hall–Kier alpha value is -3.99. The van der Waals surface area contributed by atoms with Crippen LogP contribution in [0.5, 0.6) is 0 Å². The van der Waals surface area contributed by atoms with Gasteiger partial charge >= 0.3 is 5.97 Å². The molecule has 2 heterocycles. The van der Waals surface area contributed by atoms with Gasteiger partial charge in [0.2, 0.25) is 5.91 Å². The molecular formula is C24H24N6O4S. The maximum absolute atomic E-state index is 12.6. The monoisotopic (exact) mass is 492 g/mol. The first-order valence-corrected chi connectivity index (χ1v) is 11.9. The van der Waals surface area contributed by atoms with Crippen molar-refractivity contribution in [3.63, 3.8) is 0 Å². The van der Waals surface area contributed by atoms with Crippen molar-refractivity contribution in [3.05, 3.63) is 76.0 Å². The Morgan fingerprint density at radius 2 is 1.74 bits per heavy atom. The Balaban J connectivity index is 1.46. The molecule has 4 aromatic rings. The molecule has 0 unspecified atom stereocenters. The smallest absolute Gasteiger partial charge is 0.340 e. The molecule has 1 N–H and O–H groups in total. The molecule has 1 amide bonds. The van der Waals surface area contributed by atoms with Gasteiger partial charge < -0.3 is 14.6 Å². The van der Waals surface area contributed by atoms with Crippen molar-refractivity contribution >= 4 is 40.1 Å². The molecule has 0 aliphatic carbocycles. The summed E-state index contributed by atoms with van der Waals surface area (Å²) in [7, 11) is 3.44. The summed E-state index contributed by atoms with van der Waals surface area (Å²) in [6.45, 7) is 1.97. The van der Waals surface area contributed by atoms with Crippen LogP contribution in [-0.4, -0.2) is 48.8 Å². The summed E-state index contributed by atoms with van der Waals surface area (Å²) in [6.07, 6.45) is 0.373. The van der Waals surface area contributed by atoms with Crippen molar-refractivity contribution in [2.24, 2.45) is 14.1 Å². The van der Waals surface area contributed by atoms with Gasteiger partial charge in [0.25, 0.3) is 5.56 Å². The SMILES string of the molecule is CCOC(=O)c1ccccc1NC(=O)CSc1nnc(Cc2nn(C)c(=O)c3ccccc23)n1C. The molecular weight excluding hydrogens is 468 g/mol. The number of para-hydroxylation sites is 1. The van der Waals surface area contributed by atoms with Gasteiger partial charge in [-0.1, -0.05) is 42.1 Å². The van der Waals surface area contributed by atoms with Crippen LogP contribution in [0.25, 0.3) is 10.8 Å². The number of rotatable bonds is 8. The maximum Gasteiger partial charge on any atom is 0.340 e. The summed E-state index contributed by atoms with van der Waals surface area (Å²) in [5.41, 5.74) is 1.24. The average molecular weight is 493 g/mol. The molecule has 10 nitrogen and oxygen atoms in total. The lowest BCUT2D eigenvalue weighted by atomic mass is 10.1. The Morgan fingerprint density at radius 1 is 1.03 bits per heavy atom. The number of aryl methyl sites for hydroxylation is 1. The van der Waals surface area contributed by atoms with Gasteiger partial charge in [-0.05, 0) is 25.1 Å². The lowest BCUT2D eigenvalue weighted by Gasteiger charge is -2.10. The van der Waals surface area contributed by atoms with Crippen LogP contribution in [0.3, 0.4) is 0 Å². The van der Waals surface area contributed by atoms with Crippen LogP contribution in [0, 0.1) is 0 Å². The second-order valence-corrected chi connectivity index (χ2v) is 8.60. The molecule has 0 bridgehead atoms. The molecule has 180 valence electrons. The summed E-state index contributed by atoms with van der Waals surface area (Å²) in [5, 5.41) is 17.6. The molecule has 0 saturated heterocycles. The van der Waals surface area contributed by atoms with Crippen LogP contribution in [0.2, 0.25) is 0 Å². The number of hydrogen-bond acceptors (Lipinski definition) is 8. The Morgan fingerprint density at radius 3 is 2.51 bits per heavy atom. The van der Waals surface area contributed by atoms with Crippen LogP contribution in [0.4, 0.5) is 5.69 Å². The molecule has 35 heavy (non-hydrogen) atoms. The van der Waals surface area contributed by atoms with Crippen molar-refractivity contribution < 1.29 is 14.3 Å². The second kappa shape index (κ2) is 10.5. The quantitative estimate of drug-likeness (QED) is 0.294. The highest BCUT2D eigenvalue weighted by Crippen LogP contribution is 2.21. The largest absolute Gasteiger partial charge is 0.462 e. The van der Waals surface area contributed by atoms with E-state index in [4.69, 9.17) is 4.74 Å². The van der Waals surface area contributed by atoms with Gasteiger partial charge in [-0.25, -0.2) is 9.48 Å². The summed E-state index contributed by atoms with van der Waals surface area (Å²) >= 11 is 1.23. The minimum atomic E-state index is -0.492. The van der Waals surface area contributed by atoms with E-state index in [1.165, 1.54) is 16.4 Å². The standard InChI is InChI=1S/C24H24N6O4S/c1-4-34-23(33)17-11-7-8-12-18(17)25-21(31)14-35-24-27-26-20(29(24)2)13-19-15-9-5-6-10-16(15)22(32)30(3)28-19/h5-12H,4,13-14H2,1-3H3,(H,25,31). The van der Waals surface area contributed by atoms with Gasteiger partial charge in [-0.3, -0.25) is 9.59 Å². The van der Waals surface area contributed by atoms with E-state index in [9.17, 15) is 14.4 Å². The summed E-state index contributed by atoms with van der Waals surface area (Å²) < 4.78 is 8.17. The molecule has 11 heteroatoms. The first-order valence-electron chi connectivity index (χ1n) is 10.9. The van der Waals surface area contributed by atoms with Crippen LogP contribution < -0.4 is 10.9 Å². The number of nitrogens with zero attached hydrogens (tertiary/aromatic N) is 5. The van der Waals surface area contributed by atoms with Crippen molar-refractivity contribution in [1.82, 2.24) is 24.5 Å². The third-order valence-electron chi connectivity index (χ3n) is 5.31. The fourth-order valence-corrected chi connectivity index (χ4v) is 4.31. The van der Waals surface area contributed by atoms with E-state index in [1.807, 2.05) is 25.2 Å². The zero-order valence-electron chi connectivity index (χ0n) is 19.5. The lowest BCUT2D eigenvalue weighted by Crippen LogP contribution is -2.22. The molecule has 0 radical (unpaired) electrons. The van der Waals surface area contributed by atoms with Crippen molar-refractivity contribution in [3.8, 4) is 0 Å². The average Bonchev–Trinajstić information content (AvgIpc) is 3.20. The van der Waals surface area contributed by atoms with Gasteiger partial charge in [0.05, 0.1) is 41.1 Å². The van der Waals surface area contributed by atoms with Gasteiger partial charge in [0.15, 0.2) is 5.16 Å². The van der Waals surface area contributed by atoms with Crippen LogP contribution in [-0.2, 0) is 30.0 Å². The molecule has 0 atom stereocenters. The Bertz CT molecular complexity index is 1460. The number of benzene rings is 2. The third-order valence-corrected chi connectivity index (χ3v) is 6.33. The number of nitrogens with one attached hydrogen (secondary N) is 1. The van der Waals surface area contributed by atoms with E-state index in [0.717, 1.165) is 5.39 Å². The van der Waals surface area contributed by atoms with Crippen LogP contribution >= 0.6 is 11.8 Å². The maximum atomic E-state index is 12.6. The molecule has 2 aromatic carbocycles. The predicted molar refractivity (Wildman–Crippen MR) is 133 cm³/mol. The number of carbonyl (C=O) groups excluding carboxylic acids is 2. The molecule has 0 aliphatic heterocycles. The summed E-state index contributed by atoms with van der Waals surface area (Å²) in [4.78, 5) is 37.1. The molecule has 0 aliphatic rings. The van der Waals surface area contributed by atoms with Crippen molar-refractivity contribution in [2.75, 3.05) is 17.7 Å². The number of esters is 1. The minimum Gasteiger partial charge on any atom is -0.462 e. The number of thioether (sulfide) groups is 1. The van der Waals surface area contributed by atoms with Crippen LogP contribution in [0.1, 0.15) is 28.8 Å². The Kier molecular flexibility index (Phi) is 7.25. The van der Waals surface area contributed by atoms with Crippen molar-refractivity contribution in [2.45, 2.75) is 18.5 Å². The highest BCUT2D eigenvalue weighted by Gasteiger charge is 2.17. The van der Waals surface area contributed by atoms with Crippen molar-refractivity contribution in [1.29, 1.82) is 0 Å². The number of carbonyl (C=O) groups is 2.